The van der Waals surface area contributed by atoms with Gasteiger partial charge in [0, 0.05) is 0 Å². The van der Waals surface area contributed by atoms with Crippen LogP contribution in [0.4, 0.5) is 0 Å². The molecule has 0 spiro atoms. The van der Waals surface area contributed by atoms with Crippen LogP contribution in [0.3, 0.4) is 0 Å². The number of aldehydes is 1. The summed E-state index contributed by atoms with van der Waals surface area (Å²) < 4.78 is 0. The van der Waals surface area contributed by atoms with Crippen molar-refractivity contribution in [2.24, 2.45) is 5.73 Å². The second-order valence-electron chi connectivity index (χ2n) is 6.62. The van der Waals surface area contributed by atoms with Crippen molar-refractivity contribution >= 4 is 35.8 Å². The van der Waals surface area contributed by atoms with Crippen LogP contribution in [-0.4, -0.2) is 72.6 Å². The Bertz CT molecular complexity index is 638. The van der Waals surface area contributed by atoms with Crippen LogP contribution < -0.4 is 32.3 Å². The first kappa shape index (κ1) is 26.0. The number of rotatable bonds is 11. The van der Waals surface area contributed by atoms with Crippen LogP contribution in [0.25, 0.3) is 0 Å². The average Bonchev–Trinajstić information content (AvgIpc) is 2.65. The summed E-state index contributed by atoms with van der Waals surface area (Å²) >= 11 is 0. The van der Waals surface area contributed by atoms with Gasteiger partial charge in [-0.2, -0.15) is 0 Å². The molecule has 5 atom stereocenters. The Morgan fingerprint density at radius 3 is 1.28 bits per heavy atom. The van der Waals surface area contributed by atoms with Crippen molar-refractivity contribution in [2.75, 3.05) is 6.54 Å². The molecule has 0 aliphatic carbocycles. The molecule has 0 heterocycles. The molecule has 0 aliphatic heterocycles. The Balaban J connectivity index is 4.56. The van der Waals surface area contributed by atoms with Crippen LogP contribution in [0, 0.1) is 0 Å². The van der Waals surface area contributed by atoms with Crippen LogP contribution in [0.1, 0.15) is 34.6 Å². The average molecular weight is 414 g/mol. The molecule has 0 unspecified atom stereocenters. The fraction of sp³-hybridized carbons (Fsp3) is 0.647. The quantitative estimate of drug-likeness (QED) is 0.191. The van der Waals surface area contributed by atoms with E-state index >= 15 is 0 Å². The number of nitrogens with two attached hydrogens (primary N) is 1. The predicted octanol–water partition coefficient (Wildman–Crippen LogP) is -3.33. The van der Waals surface area contributed by atoms with Crippen LogP contribution in [0.15, 0.2) is 0 Å². The topological polar surface area (TPSA) is 189 Å². The highest BCUT2D eigenvalue weighted by molar-refractivity contribution is 5.95. The lowest BCUT2D eigenvalue weighted by molar-refractivity contribution is -0.134. The summed E-state index contributed by atoms with van der Waals surface area (Å²) in [6, 6.07) is -4.57. The smallest absolute Gasteiger partial charge is 0.242 e. The van der Waals surface area contributed by atoms with E-state index < -0.39 is 59.7 Å². The molecule has 29 heavy (non-hydrogen) atoms. The van der Waals surface area contributed by atoms with Gasteiger partial charge >= 0.3 is 0 Å². The molecule has 12 nitrogen and oxygen atoms in total. The molecule has 0 aromatic heterocycles. The van der Waals surface area contributed by atoms with E-state index in [1.165, 1.54) is 34.6 Å². The molecule has 12 heteroatoms. The van der Waals surface area contributed by atoms with Gasteiger partial charge in [-0.1, -0.05) is 0 Å². The number of nitrogens with one attached hydrogen (secondary N) is 5. The Morgan fingerprint density at radius 1 is 0.655 bits per heavy atom. The second kappa shape index (κ2) is 12.4. The predicted molar refractivity (Wildman–Crippen MR) is 103 cm³/mol. The molecule has 0 aromatic carbocycles. The maximum Gasteiger partial charge on any atom is 0.242 e. The van der Waals surface area contributed by atoms with E-state index in [0.717, 1.165) is 0 Å². The lowest BCUT2D eigenvalue weighted by atomic mass is 10.2. The highest BCUT2D eigenvalue weighted by Gasteiger charge is 2.25. The molecule has 5 amide bonds. The van der Waals surface area contributed by atoms with Crippen LogP contribution >= 0.6 is 0 Å². The van der Waals surface area contributed by atoms with Crippen LogP contribution in [-0.2, 0) is 28.8 Å². The SMILES string of the molecule is C[C@H](N)C(=O)N[C@@H](C)C(=O)N[C@@H](C)C(=O)N[C@@H](C)C(=O)N[C@@H](C)C(=O)NCC=O. The largest absolute Gasteiger partial charge is 0.348 e. The highest BCUT2D eigenvalue weighted by atomic mass is 16.2. The molecule has 0 saturated heterocycles. The molecule has 0 bridgehead atoms. The van der Waals surface area contributed by atoms with Crippen LogP contribution in [0.2, 0.25) is 0 Å². The Labute approximate surface area is 169 Å². The van der Waals surface area contributed by atoms with E-state index in [9.17, 15) is 28.8 Å². The molecule has 7 N–H and O–H groups in total. The van der Waals surface area contributed by atoms with Gasteiger partial charge in [0.2, 0.25) is 29.5 Å². The van der Waals surface area contributed by atoms with Gasteiger partial charge in [-0.25, -0.2) is 0 Å². The fourth-order valence-corrected chi connectivity index (χ4v) is 1.92. The van der Waals surface area contributed by atoms with Crippen molar-refractivity contribution in [1.29, 1.82) is 0 Å². The van der Waals surface area contributed by atoms with Crippen molar-refractivity contribution in [3.05, 3.63) is 0 Å². The normalized spacial score (nSPS) is 15.5. The first-order chi connectivity index (χ1) is 13.4. The molecule has 164 valence electrons. The standard InChI is InChI=1S/C17H30N6O6/c1-8(18)13(25)20-10(3)15(27)22-12(5)17(29)23-11(4)16(28)21-9(2)14(26)19-6-7-24/h7-12H,6,18H2,1-5H3,(H,19,26)(H,20,25)(H,21,28)(H,22,27)(H,23,29)/t8-,9-,10-,11-,12-/m0/s1. The maximum absolute atomic E-state index is 12.2. The van der Waals surface area contributed by atoms with Crippen LogP contribution in [0.5, 0.6) is 0 Å². The highest BCUT2D eigenvalue weighted by Crippen LogP contribution is 1.92. The first-order valence-corrected chi connectivity index (χ1v) is 9.09. The molecular weight excluding hydrogens is 384 g/mol. The summed E-state index contributed by atoms with van der Waals surface area (Å²) in [5.74, 6) is -2.92. The number of carbonyl (C=O) groups is 6. The van der Waals surface area contributed by atoms with E-state index in [-0.39, 0.29) is 6.54 Å². The molecular formula is C17H30N6O6. The zero-order valence-electron chi connectivity index (χ0n) is 17.2. The summed E-state index contributed by atoms with van der Waals surface area (Å²) in [5.41, 5.74) is 5.41. The lowest BCUT2D eigenvalue weighted by Crippen LogP contribution is -2.56. The van der Waals surface area contributed by atoms with E-state index in [2.05, 4.69) is 26.6 Å². The molecule has 0 radical (unpaired) electrons. The van der Waals surface area contributed by atoms with Gasteiger partial charge in [-0.15, -0.1) is 0 Å². The van der Waals surface area contributed by atoms with Gasteiger partial charge in [-0.05, 0) is 34.6 Å². The third-order valence-electron chi connectivity index (χ3n) is 3.78. The van der Waals surface area contributed by atoms with Gasteiger partial charge in [0.1, 0.15) is 30.5 Å². The van der Waals surface area contributed by atoms with Crippen molar-refractivity contribution in [2.45, 2.75) is 64.8 Å². The monoisotopic (exact) mass is 414 g/mol. The van der Waals surface area contributed by atoms with E-state index in [1.54, 1.807) is 0 Å². The minimum absolute atomic E-state index is 0.175. The molecule has 0 fully saturated rings. The zero-order chi connectivity index (χ0) is 22.7. The van der Waals surface area contributed by atoms with Gasteiger partial charge < -0.3 is 37.1 Å². The van der Waals surface area contributed by atoms with Gasteiger partial charge in [0.15, 0.2) is 0 Å². The number of hydrogen-bond donors (Lipinski definition) is 6. The first-order valence-electron chi connectivity index (χ1n) is 9.09. The minimum Gasteiger partial charge on any atom is -0.348 e. The minimum atomic E-state index is -0.988. The van der Waals surface area contributed by atoms with Gasteiger partial charge in [0.25, 0.3) is 0 Å². The summed E-state index contributed by atoms with van der Waals surface area (Å²) in [6.07, 6.45) is 0.508. The molecule has 0 rings (SSSR count). The van der Waals surface area contributed by atoms with Crippen molar-refractivity contribution in [3.63, 3.8) is 0 Å². The Morgan fingerprint density at radius 2 is 0.966 bits per heavy atom. The Hall–Kier alpha value is -3.02. The van der Waals surface area contributed by atoms with Crippen molar-refractivity contribution in [3.8, 4) is 0 Å². The fourth-order valence-electron chi connectivity index (χ4n) is 1.92. The number of hydrogen-bond acceptors (Lipinski definition) is 7. The molecule has 0 aromatic rings. The van der Waals surface area contributed by atoms with Gasteiger partial charge in [0.05, 0.1) is 12.6 Å². The zero-order valence-corrected chi connectivity index (χ0v) is 17.2. The number of carbonyl (C=O) groups excluding carboxylic acids is 6. The Kier molecular flexibility index (Phi) is 11.1. The second-order valence-corrected chi connectivity index (χ2v) is 6.62. The molecule has 0 saturated carbocycles. The number of amides is 5. The van der Waals surface area contributed by atoms with Crippen molar-refractivity contribution < 1.29 is 28.8 Å². The van der Waals surface area contributed by atoms with E-state index in [1.807, 2.05) is 0 Å². The summed E-state index contributed by atoms with van der Waals surface area (Å²) in [6.45, 7) is 6.97. The third kappa shape index (κ3) is 9.65. The third-order valence-corrected chi connectivity index (χ3v) is 3.78. The molecule has 0 aliphatic rings. The maximum atomic E-state index is 12.2. The summed E-state index contributed by atoms with van der Waals surface area (Å²) in [7, 11) is 0. The van der Waals surface area contributed by atoms with Gasteiger partial charge in [-0.3, -0.25) is 24.0 Å². The van der Waals surface area contributed by atoms with Crippen molar-refractivity contribution in [1.82, 2.24) is 26.6 Å². The lowest BCUT2D eigenvalue weighted by Gasteiger charge is -2.21. The van der Waals surface area contributed by atoms with E-state index in [4.69, 9.17) is 5.73 Å². The van der Waals surface area contributed by atoms with E-state index in [0.29, 0.717) is 6.29 Å². The summed E-state index contributed by atoms with van der Waals surface area (Å²) in [4.78, 5) is 69.7. The summed E-state index contributed by atoms with van der Waals surface area (Å²) in [5, 5.41) is 11.9.